The molecule has 0 amide bonds. The van der Waals surface area contributed by atoms with Crippen molar-refractivity contribution in [2.24, 2.45) is 0 Å². The van der Waals surface area contributed by atoms with Gasteiger partial charge in [-0.2, -0.15) is 0 Å². The maximum absolute atomic E-state index is 10.5. The Kier molecular flexibility index (Phi) is 5.39. The Morgan fingerprint density at radius 1 is 1.46 bits per heavy atom. The van der Waals surface area contributed by atoms with Crippen molar-refractivity contribution in [3.05, 3.63) is 11.6 Å². The highest BCUT2D eigenvalue weighted by Crippen LogP contribution is 2.03. The molecule has 0 aliphatic heterocycles. The fraction of sp³-hybridized carbons (Fsp3) is 0.700. The molecular formula is C10H19NO2. The van der Waals surface area contributed by atoms with Crippen molar-refractivity contribution in [2.45, 2.75) is 33.7 Å². The van der Waals surface area contributed by atoms with Gasteiger partial charge in [-0.3, -0.25) is 4.90 Å². The van der Waals surface area contributed by atoms with E-state index in [1.165, 1.54) is 0 Å². The summed E-state index contributed by atoms with van der Waals surface area (Å²) in [5.74, 6) is -0.834. The van der Waals surface area contributed by atoms with E-state index in [1.54, 1.807) is 13.0 Å². The van der Waals surface area contributed by atoms with Crippen LogP contribution >= 0.6 is 0 Å². The molecule has 3 heteroatoms. The van der Waals surface area contributed by atoms with Crippen LogP contribution in [0.1, 0.15) is 27.7 Å². The smallest absolute Gasteiger partial charge is 0.331 e. The average Bonchev–Trinajstić information content (AvgIpc) is 2.06. The van der Waals surface area contributed by atoms with Gasteiger partial charge in [0.05, 0.1) is 0 Å². The summed E-state index contributed by atoms with van der Waals surface area (Å²) < 4.78 is 0. The van der Waals surface area contributed by atoms with E-state index in [0.717, 1.165) is 13.1 Å². The highest BCUT2D eigenvalue weighted by molar-refractivity contribution is 5.85. The standard InChI is InChI=1S/C10H19NO2/c1-5-11(6-2)9(4)7-8(3)10(12)13/h7,9H,5-6H2,1-4H3,(H,12,13). The number of hydrogen-bond donors (Lipinski definition) is 1. The molecule has 0 fully saturated rings. The highest BCUT2D eigenvalue weighted by Gasteiger charge is 2.09. The summed E-state index contributed by atoms with van der Waals surface area (Å²) in [5.41, 5.74) is 0.416. The molecule has 1 N–H and O–H groups in total. The Bertz CT molecular complexity index is 195. The molecule has 0 saturated carbocycles. The summed E-state index contributed by atoms with van der Waals surface area (Å²) in [6.45, 7) is 9.68. The molecule has 0 aromatic rings. The van der Waals surface area contributed by atoms with Gasteiger partial charge in [0.2, 0.25) is 0 Å². The quantitative estimate of drug-likeness (QED) is 0.663. The van der Waals surface area contributed by atoms with Gasteiger partial charge in [0.1, 0.15) is 0 Å². The Hall–Kier alpha value is -0.830. The van der Waals surface area contributed by atoms with E-state index < -0.39 is 5.97 Å². The van der Waals surface area contributed by atoms with E-state index in [1.807, 2.05) is 6.92 Å². The minimum atomic E-state index is -0.834. The summed E-state index contributed by atoms with van der Waals surface area (Å²) >= 11 is 0. The molecule has 0 aromatic carbocycles. The predicted molar refractivity (Wildman–Crippen MR) is 53.8 cm³/mol. The first-order chi connectivity index (χ1) is 6.02. The van der Waals surface area contributed by atoms with Crippen molar-refractivity contribution < 1.29 is 9.90 Å². The third-order valence-corrected chi connectivity index (χ3v) is 2.22. The molecule has 0 spiro atoms. The van der Waals surface area contributed by atoms with Crippen molar-refractivity contribution in [3.63, 3.8) is 0 Å². The van der Waals surface area contributed by atoms with Crippen molar-refractivity contribution in [2.75, 3.05) is 13.1 Å². The maximum Gasteiger partial charge on any atom is 0.331 e. The zero-order valence-electron chi connectivity index (χ0n) is 8.87. The lowest BCUT2D eigenvalue weighted by Crippen LogP contribution is -2.31. The monoisotopic (exact) mass is 185 g/mol. The third-order valence-electron chi connectivity index (χ3n) is 2.22. The topological polar surface area (TPSA) is 40.5 Å². The highest BCUT2D eigenvalue weighted by atomic mass is 16.4. The summed E-state index contributed by atoms with van der Waals surface area (Å²) in [6, 6.07) is 0.200. The van der Waals surface area contributed by atoms with Gasteiger partial charge in [0.15, 0.2) is 0 Å². The molecule has 76 valence electrons. The second-order valence-corrected chi connectivity index (χ2v) is 3.12. The van der Waals surface area contributed by atoms with Gasteiger partial charge in [-0.05, 0) is 26.9 Å². The van der Waals surface area contributed by atoms with Crippen LogP contribution in [-0.2, 0) is 4.79 Å². The Morgan fingerprint density at radius 2 is 1.92 bits per heavy atom. The van der Waals surface area contributed by atoms with E-state index in [9.17, 15) is 4.79 Å². The number of carboxylic acid groups (broad SMARTS) is 1. The number of rotatable bonds is 5. The van der Waals surface area contributed by atoms with Crippen molar-refractivity contribution in [3.8, 4) is 0 Å². The first-order valence-electron chi connectivity index (χ1n) is 4.68. The fourth-order valence-electron chi connectivity index (χ4n) is 1.34. The molecule has 3 nitrogen and oxygen atoms in total. The van der Waals surface area contributed by atoms with Gasteiger partial charge in [-0.25, -0.2) is 4.79 Å². The van der Waals surface area contributed by atoms with Gasteiger partial charge in [0.25, 0.3) is 0 Å². The molecule has 0 aliphatic rings. The molecule has 0 aliphatic carbocycles. The van der Waals surface area contributed by atoms with Crippen LogP contribution in [0.15, 0.2) is 11.6 Å². The van der Waals surface area contributed by atoms with Crippen LogP contribution in [0.3, 0.4) is 0 Å². The molecule has 0 heterocycles. The minimum Gasteiger partial charge on any atom is -0.478 e. The molecular weight excluding hydrogens is 166 g/mol. The van der Waals surface area contributed by atoms with Crippen LogP contribution in [-0.4, -0.2) is 35.1 Å². The number of aliphatic carboxylic acids is 1. The lowest BCUT2D eigenvalue weighted by molar-refractivity contribution is -0.132. The first-order valence-corrected chi connectivity index (χ1v) is 4.68. The second-order valence-electron chi connectivity index (χ2n) is 3.12. The van der Waals surface area contributed by atoms with Crippen molar-refractivity contribution >= 4 is 5.97 Å². The zero-order chi connectivity index (χ0) is 10.4. The lowest BCUT2D eigenvalue weighted by atomic mass is 10.2. The van der Waals surface area contributed by atoms with Gasteiger partial charge in [0, 0.05) is 11.6 Å². The lowest BCUT2D eigenvalue weighted by Gasteiger charge is -2.23. The van der Waals surface area contributed by atoms with Gasteiger partial charge in [-0.1, -0.05) is 19.9 Å². The summed E-state index contributed by atoms with van der Waals surface area (Å²) in [6.07, 6.45) is 1.79. The molecule has 1 atom stereocenters. The summed E-state index contributed by atoms with van der Waals surface area (Å²) in [7, 11) is 0. The Morgan fingerprint density at radius 3 is 2.23 bits per heavy atom. The predicted octanol–water partition coefficient (Wildman–Crippen LogP) is 1.75. The second kappa shape index (κ2) is 5.75. The first kappa shape index (κ1) is 12.2. The van der Waals surface area contributed by atoms with Crippen LogP contribution in [0.4, 0.5) is 0 Å². The number of carbonyl (C=O) groups is 1. The van der Waals surface area contributed by atoms with Crippen LogP contribution < -0.4 is 0 Å². The SMILES string of the molecule is CCN(CC)C(C)C=C(C)C(=O)O. The zero-order valence-corrected chi connectivity index (χ0v) is 8.87. The van der Waals surface area contributed by atoms with Crippen LogP contribution in [0.5, 0.6) is 0 Å². The average molecular weight is 185 g/mol. The molecule has 0 bridgehead atoms. The maximum atomic E-state index is 10.5. The minimum absolute atomic E-state index is 0.200. The molecule has 0 saturated heterocycles. The molecule has 0 aromatic heterocycles. The van der Waals surface area contributed by atoms with E-state index >= 15 is 0 Å². The number of carboxylic acids is 1. The molecule has 13 heavy (non-hydrogen) atoms. The van der Waals surface area contributed by atoms with Crippen LogP contribution in [0.25, 0.3) is 0 Å². The van der Waals surface area contributed by atoms with E-state index in [-0.39, 0.29) is 6.04 Å². The van der Waals surface area contributed by atoms with Crippen molar-refractivity contribution in [1.29, 1.82) is 0 Å². The van der Waals surface area contributed by atoms with E-state index in [4.69, 9.17) is 5.11 Å². The fourth-order valence-corrected chi connectivity index (χ4v) is 1.34. The summed E-state index contributed by atoms with van der Waals surface area (Å²) in [5, 5.41) is 8.67. The van der Waals surface area contributed by atoms with Gasteiger partial charge in [-0.15, -0.1) is 0 Å². The molecule has 1 unspecified atom stereocenters. The number of likely N-dealkylation sites (N-methyl/N-ethyl adjacent to an activating group) is 1. The molecule has 0 radical (unpaired) electrons. The van der Waals surface area contributed by atoms with Gasteiger partial charge >= 0.3 is 5.97 Å². The van der Waals surface area contributed by atoms with Gasteiger partial charge < -0.3 is 5.11 Å². The van der Waals surface area contributed by atoms with E-state index in [2.05, 4.69) is 18.7 Å². The van der Waals surface area contributed by atoms with Crippen LogP contribution in [0.2, 0.25) is 0 Å². The van der Waals surface area contributed by atoms with E-state index in [0.29, 0.717) is 5.57 Å². The largest absolute Gasteiger partial charge is 0.478 e. The molecule has 0 rings (SSSR count). The van der Waals surface area contributed by atoms with Crippen LogP contribution in [0, 0.1) is 0 Å². The normalized spacial score (nSPS) is 14.7. The number of nitrogens with zero attached hydrogens (tertiary/aromatic N) is 1. The Balaban J connectivity index is 4.33. The van der Waals surface area contributed by atoms with Crippen molar-refractivity contribution in [1.82, 2.24) is 4.90 Å². The third kappa shape index (κ3) is 4.08. The summed E-state index contributed by atoms with van der Waals surface area (Å²) in [4.78, 5) is 12.7. The Labute approximate surface area is 80.0 Å². The number of hydrogen-bond acceptors (Lipinski definition) is 2.